The molecule has 0 amide bonds. The summed E-state index contributed by atoms with van der Waals surface area (Å²) in [5.41, 5.74) is 2.57. The van der Waals surface area contributed by atoms with Crippen LogP contribution >= 0.6 is 0 Å². The van der Waals surface area contributed by atoms with Crippen molar-refractivity contribution >= 4 is 11.7 Å². The van der Waals surface area contributed by atoms with E-state index in [-0.39, 0.29) is 5.97 Å². The molecule has 1 aromatic carbocycles. The third-order valence-electron chi connectivity index (χ3n) is 4.06. The second-order valence-corrected chi connectivity index (χ2v) is 5.34. The predicted molar refractivity (Wildman–Crippen MR) is 79.2 cm³/mol. The standard InChI is InChI=1S/C16H23NO3/c1-11-14(16(18)20-3)8-5-9-15(11)17-12-6-4-7-13(10-12)19-2/h5,8-9,12-13,17H,4,6-7,10H2,1-3H3. The van der Waals surface area contributed by atoms with Crippen LogP contribution in [0.2, 0.25) is 0 Å². The number of ether oxygens (including phenoxy) is 2. The molecule has 4 nitrogen and oxygen atoms in total. The van der Waals surface area contributed by atoms with Gasteiger partial charge in [0.2, 0.25) is 0 Å². The first kappa shape index (κ1) is 14.9. The Labute approximate surface area is 120 Å². The number of methoxy groups -OCH3 is 2. The third kappa shape index (κ3) is 3.31. The van der Waals surface area contributed by atoms with Gasteiger partial charge in [-0.05, 0) is 50.3 Å². The number of carbonyl (C=O) groups is 1. The van der Waals surface area contributed by atoms with Crippen molar-refractivity contribution in [2.75, 3.05) is 19.5 Å². The van der Waals surface area contributed by atoms with Crippen molar-refractivity contribution in [2.45, 2.75) is 44.8 Å². The van der Waals surface area contributed by atoms with Crippen molar-refractivity contribution < 1.29 is 14.3 Å². The quantitative estimate of drug-likeness (QED) is 0.859. The average molecular weight is 277 g/mol. The summed E-state index contributed by atoms with van der Waals surface area (Å²) < 4.78 is 10.3. The first-order chi connectivity index (χ1) is 9.65. The summed E-state index contributed by atoms with van der Waals surface area (Å²) in [6, 6.07) is 6.10. The van der Waals surface area contributed by atoms with Crippen molar-refractivity contribution in [3.8, 4) is 0 Å². The zero-order valence-electron chi connectivity index (χ0n) is 12.4. The molecule has 0 bridgehead atoms. The van der Waals surface area contributed by atoms with E-state index in [2.05, 4.69) is 5.32 Å². The molecule has 1 saturated carbocycles. The smallest absolute Gasteiger partial charge is 0.338 e. The van der Waals surface area contributed by atoms with Crippen LogP contribution in [0, 0.1) is 6.92 Å². The van der Waals surface area contributed by atoms with Crippen molar-refractivity contribution in [3.05, 3.63) is 29.3 Å². The Morgan fingerprint density at radius 3 is 2.80 bits per heavy atom. The molecule has 2 unspecified atom stereocenters. The molecular formula is C16H23NO3. The van der Waals surface area contributed by atoms with E-state index in [1.54, 1.807) is 13.2 Å². The van der Waals surface area contributed by atoms with Crippen LogP contribution in [0.15, 0.2) is 18.2 Å². The molecule has 0 aliphatic heterocycles. The van der Waals surface area contributed by atoms with Crippen LogP contribution in [-0.4, -0.2) is 32.3 Å². The largest absolute Gasteiger partial charge is 0.465 e. The molecule has 0 saturated heterocycles. The van der Waals surface area contributed by atoms with E-state index in [1.165, 1.54) is 13.5 Å². The minimum atomic E-state index is -0.287. The van der Waals surface area contributed by atoms with E-state index in [0.29, 0.717) is 17.7 Å². The van der Waals surface area contributed by atoms with Crippen LogP contribution in [0.5, 0.6) is 0 Å². The SMILES string of the molecule is COC(=O)c1cccc(NC2CCCC(OC)C2)c1C. The maximum Gasteiger partial charge on any atom is 0.338 e. The van der Waals surface area contributed by atoms with Gasteiger partial charge in [-0.1, -0.05) is 6.07 Å². The third-order valence-corrected chi connectivity index (χ3v) is 4.06. The molecule has 0 heterocycles. The number of esters is 1. The van der Waals surface area contributed by atoms with Gasteiger partial charge in [0, 0.05) is 18.8 Å². The Balaban J connectivity index is 2.11. The van der Waals surface area contributed by atoms with Crippen LogP contribution in [0.25, 0.3) is 0 Å². The highest BCUT2D eigenvalue weighted by molar-refractivity contribution is 5.92. The van der Waals surface area contributed by atoms with Crippen molar-refractivity contribution in [1.82, 2.24) is 0 Å². The van der Waals surface area contributed by atoms with Crippen molar-refractivity contribution in [2.24, 2.45) is 0 Å². The highest BCUT2D eigenvalue weighted by Crippen LogP contribution is 2.26. The molecule has 110 valence electrons. The van der Waals surface area contributed by atoms with Gasteiger partial charge in [0.15, 0.2) is 0 Å². The fraction of sp³-hybridized carbons (Fsp3) is 0.562. The summed E-state index contributed by atoms with van der Waals surface area (Å²) in [4.78, 5) is 11.7. The molecule has 1 aliphatic carbocycles. The number of rotatable bonds is 4. The highest BCUT2D eigenvalue weighted by atomic mass is 16.5. The molecule has 0 spiro atoms. The highest BCUT2D eigenvalue weighted by Gasteiger charge is 2.22. The van der Waals surface area contributed by atoms with Crippen LogP contribution in [0.1, 0.15) is 41.6 Å². The Morgan fingerprint density at radius 2 is 2.10 bits per heavy atom. The van der Waals surface area contributed by atoms with E-state index < -0.39 is 0 Å². The lowest BCUT2D eigenvalue weighted by Crippen LogP contribution is -2.31. The summed E-state index contributed by atoms with van der Waals surface area (Å²) >= 11 is 0. The van der Waals surface area contributed by atoms with Crippen LogP contribution in [0.3, 0.4) is 0 Å². The van der Waals surface area contributed by atoms with Gasteiger partial charge in [-0.15, -0.1) is 0 Å². The topological polar surface area (TPSA) is 47.6 Å². The van der Waals surface area contributed by atoms with Gasteiger partial charge in [-0.3, -0.25) is 0 Å². The fourth-order valence-corrected chi connectivity index (χ4v) is 2.83. The van der Waals surface area contributed by atoms with Gasteiger partial charge < -0.3 is 14.8 Å². The average Bonchev–Trinajstić information content (AvgIpc) is 2.49. The van der Waals surface area contributed by atoms with E-state index in [9.17, 15) is 4.79 Å². The van der Waals surface area contributed by atoms with Crippen molar-refractivity contribution in [3.63, 3.8) is 0 Å². The van der Waals surface area contributed by atoms with Gasteiger partial charge in [-0.25, -0.2) is 4.79 Å². The predicted octanol–water partition coefficient (Wildman–Crippen LogP) is 3.15. The molecule has 0 aromatic heterocycles. The zero-order valence-corrected chi connectivity index (χ0v) is 12.4. The normalized spacial score (nSPS) is 22.4. The van der Waals surface area contributed by atoms with Crippen LogP contribution < -0.4 is 5.32 Å². The number of hydrogen-bond acceptors (Lipinski definition) is 4. The summed E-state index contributed by atoms with van der Waals surface area (Å²) in [5.74, 6) is -0.287. The second kappa shape index (κ2) is 6.75. The number of anilines is 1. The lowest BCUT2D eigenvalue weighted by molar-refractivity contribution is 0.0599. The lowest BCUT2D eigenvalue weighted by atomic mass is 9.92. The molecule has 4 heteroatoms. The molecule has 0 radical (unpaired) electrons. The van der Waals surface area contributed by atoms with E-state index in [0.717, 1.165) is 30.5 Å². The Morgan fingerprint density at radius 1 is 1.30 bits per heavy atom. The monoisotopic (exact) mass is 277 g/mol. The summed E-state index contributed by atoms with van der Waals surface area (Å²) in [6.45, 7) is 1.95. The molecule has 1 aliphatic rings. The van der Waals surface area contributed by atoms with Gasteiger partial charge in [0.25, 0.3) is 0 Å². The van der Waals surface area contributed by atoms with E-state index in [1.807, 2.05) is 19.1 Å². The first-order valence-electron chi connectivity index (χ1n) is 7.13. The second-order valence-electron chi connectivity index (χ2n) is 5.34. The van der Waals surface area contributed by atoms with E-state index in [4.69, 9.17) is 9.47 Å². The zero-order chi connectivity index (χ0) is 14.5. The van der Waals surface area contributed by atoms with Gasteiger partial charge >= 0.3 is 5.97 Å². The van der Waals surface area contributed by atoms with Gasteiger partial charge in [0.05, 0.1) is 18.8 Å². The summed E-state index contributed by atoms with van der Waals surface area (Å²) in [6.07, 6.45) is 4.80. The van der Waals surface area contributed by atoms with Crippen LogP contribution in [0.4, 0.5) is 5.69 Å². The number of carbonyl (C=O) groups excluding carboxylic acids is 1. The maximum absolute atomic E-state index is 11.7. The van der Waals surface area contributed by atoms with Crippen molar-refractivity contribution in [1.29, 1.82) is 0 Å². The van der Waals surface area contributed by atoms with E-state index >= 15 is 0 Å². The molecule has 1 fully saturated rings. The number of nitrogens with one attached hydrogen (secondary N) is 1. The maximum atomic E-state index is 11.7. The lowest BCUT2D eigenvalue weighted by Gasteiger charge is -2.30. The fourth-order valence-electron chi connectivity index (χ4n) is 2.83. The molecular weight excluding hydrogens is 254 g/mol. The van der Waals surface area contributed by atoms with Gasteiger partial charge in [-0.2, -0.15) is 0 Å². The number of hydrogen-bond donors (Lipinski definition) is 1. The minimum Gasteiger partial charge on any atom is -0.465 e. The Hall–Kier alpha value is -1.55. The Bertz CT molecular complexity index is 473. The summed E-state index contributed by atoms with van der Waals surface area (Å²) in [7, 11) is 3.18. The molecule has 1 N–H and O–H groups in total. The molecule has 2 atom stereocenters. The number of benzene rings is 1. The Kier molecular flexibility index (Phi) is 5.01. The van der Waals surface area contributed by atoms with Gasteiger partial charge in [0.1, 0.15) is 0 Å². The first-order valence-corrected chi connectivity index (χ1v) is 7.13. The van der Waals surface area contributed by atoms with Crippen LogP contribution in [-0.2, 0) is 9.47 Å². The molecule has 2 rings (SSSR count). The summed E-state index contributed by atoms with van der Waals surface area (Å²) in [5, 5.41) is 3.55. The minimum absolute atomic E-state index is 0.287. The molecule has 1 aromatic rings. The molecule has 20 heavy (non-hydrogen) atoms.